The first kappa shape index (κ1) is 25.0. The Morgan fingerprint density at radius 3 is 2.46 bits per heavy atom. The summed E-state index contributed by atoms with van der Waals surface area (Å²) in [5.74, 6) is -0.783. The Balaban J connectivity index is 1.23. The Morgan fingerprint density at radius 1 is 1.00 bits per heavy atom. The largest absolute Gasteiger partial charge is 0.433 e. The van der Waals surface area contributed by atoms with Crippen molar-refractivity contribution in [3.8, 4) is 11.3 Å². The second kappa shape index (κ2) is 10.0. The molecule has 1 aliphatic rings. The van der Waals surface area contributed by atoms with Gasteiger partial charge in [-0.15, -0.1) is 0 Å². The number of hydrogen-bond acceptors (Lipinski definition) is 4. The molecule has 192 valence electrons. The third kappa shape index (κ3) is 5.53. The number of amides is 1. The van der Waals surface area contributed by atoms with Crippen LogP contribution in [0.5, 0.6) is 0 Å². The topological polar surface area (TPSA) is 82.7 Å². The van der Waals surface area contributed by atoms with Gasteiger partial charge in [-0.25, -0.2) is 9.37 Å². The lowest BCUT2D eigenvalue weighted by Gasteiger charge is -2.30. The number of halogens is 5. The van der Waals surface area contributed by atoms with Crippen LogP contribution in [-0.4, -0.2) is 33.2 Å². The van der Waals surface area contributed by atoms with Crippen molar-refractivity contribution in [2.24, 2.45) is 0 Å². The average molecular weight is 532 g/mol. The molecule has 37 heavy (non-hydrogen) atoms. The highest BCUT2D eigenvalue weighted by atomic mass is 35.5. The number of benzene rings is 2. The number of carbonyl (C=O) groups excluding carboxylic acids is 1. The smallest absolute Gasteiger partial charge is 0.382 e. The molecule has 2 aromatic carbocycles. The normalized spacial score (nSPS) is 18.1. The molecule has 11 heteroatoms. The zero-order valence-electron chi connectivity index (χ0n) is 19.4. The minimum absolute atomic E-state index is 0.0846. The molecular weight excluding hydrogens is 510 g/mol. The number of nitrogens with one attached hydrogen (secondary N) is 3. The van der Waals surface area contributed by atoms with E-state index < -0.39 is 17.7 Å². The zero-order valence-corrected chi connectivity index (χ0v) is 20.1. The molecule has 2 aromatic heterocycles. The number of nitrogens with zero attached hydrogens (tertiary/aromatic N) is 2. The number of aromatic nitrogens is 3. The second-order valence-corrected chi connectivity index (χ2v) is 9.46. The summed E-state index contributed by atoms with van der Waals surface area (Å²) >= 11 is 6.08. The summed E-state index contributed by atoms with van der Waals surface area (Å²) in [7, 11) is 0. The van der Waals surface area contributed by atoms with Gasteiger partial charge in [-0.1, -0.05) is 23.7 Å². The van der Waals surface area contributed by atoms with E-state index in [2.05, 4.69) is 25.8 Å². The van der Waals surface area contributed by atoms with Crippen LogP contribution in [0.2, 0.25) is 5.02 Å². The van der Waals surface area contributed by atoms with Crippen LogP contribution in [-0.2, 0) is 6.18 Å². The number of hydrogen-bond donors (Lipinski definition) is 3. The molecule has 0 radical (unpaired) electrons. The number of anilines is 1. The van der Waals surface area contributed by atoms with E-state index in [0.29, 0.717) is 53.0 Å². The maximum absolute atomic E-state index is 14.0. The van der Waals surface area contributed by atoms with Crippen LogP contribution in [0.3, 0.4) is 0 Å². The monoisotopic (exact) mass is 531 g/mol. The van der Waals surface area contributed by atoms with E-state index in [0.717, 1.165) is 6.07 Å². The van der Waals surface area contributed by atoms with E-state index in [9.17, 15) is 22.4 Å². The van der Waals surface area contributed by atoms with Crippen molar-refractivity contribution >= 4 is 34.1 Å². The first-order chi connectivity index (χ1) is 17.7. The van der Waals surface area contributed by atoms with E-state index in [-0.39, 0.29) is 29.2 Å². The molecule has 0 bridgehead atoms. The first-order valence-corrected chi connectivity index (χ1v) is 12.1. The molecule has 1 amide bonds. The van der Waals surface area contributed by atoms with Gasteiger partial charge in [-0.05, 0) is 68.1 Å². The van der Waals surface area contributed by atoms with Gasteiger partial charge in [-0.2, -0.15) is 18.3 Å². The lowest BCUT2D eigenvalue weighted by Crippen LogP contribution is -2.40. The third-order valence-electron chi connectivity index (χ3n) is 6.46. The highest BCUT2D eigenvalue weighted by Crippen LogP contribution is 2.35. The molecule has 1 fully saturated rings. The van der Waals surface area contributed by atoms with Crippen molar-refractivity contribution in [1.82, 2.24) is 20.5 Å². The lowest BCUT2D eigenvalue weighted by molar-refractivity contribution is -0.140. The summed E-state index contributed by atoms with van der Waals surface area (Å²) < 4.78 is 54.2. The van der Waals surface area contributed by atoms with E-state index in [1.807, 2.05) is 0 Å². The molecule has 0 spiro atoms. The van der Waals surface area contributed by atoms with Gasteiger partial charge in [-0.3, -0.25) is 9.89 Å². The van der Waals surface area contributed by atoms with Crippen molar-refractivity contribution in [3.05, 3.63) is 76.8 Å². The van der Waals surface area contributed by atoms with Gasteiger partial charge in [0.15, 0.2) is 0 Å². The second-order valence-electron chi connectivity index (χ2n) is 9.03. The van der Waals surface area contributed by atoms with Crippen LogP contribution in [0, 0.1) is 5.82 Å². The number of rotatable bonds is 5. The Hall–Kier alpha value is -3.66. The van der Waals surface area contributed by atoms with Crippen LogP contribution < -0.4 is 10.6 Å². The van der Waals surface area contributed by atoms with E-state index in [4.69, 9.17) is 11.6 Å². The molecule has 0 unspecified atom stereocenters. The number of pyridine rings is 1. The summed E-state index contributed by atoms with van der Waals surface area (Å²) in [5, 5.41) is 13.8. The number of fused-ring (bicyclic) bond motifs is 1. The Bertz CT molecular complexity index is 1450. The molecular formula is C26H22ClF4N5O. The quantitative estimate of drug-likeness (QED) is 0.254. The molecule has 5 rings (SSSR count). The summed E-state index contributed by atoms with van der Waals surface area (Å²) in [4.78, 5) is 16.4. The van der Waals surface area contributed by atoms with Gasteiger partial charge in [0.25, 0.3) is 5.91 Å². The fourth-order valence-electron chi connectivity index (χ4n) is 4.57. The number of carbonyl (C=O) groups is 1. The fraction of sp³-hybridized carbons (Fsp3) is 0.269. The van der Waals surface area contributed by atoms with Crippen LogP contribution in [0.25, 0.3) is 22.2 Å². The Morgan fingerprint density at radius 2 is 1.73 bits per heavy atom. The number of alkyl halides is 3. The minimum Gasteiger partial charge on any atom is -0.382 e. The van der Waals surface area contributed by atoms with Gasteiger partial charge < -0.3 is 10.6 Å². The van der Waals surface area contributed by atoms with Gasteiger partial charge >= 0.3 is 6.18 Å². The SMILES string of the molecule is O=C(NC1CCC(Nc2cc(C(F)(F)F)nc3ccc(Cl)cc23)CC1)c1cc(-c2ccccc2F)n[nH]1. The first-order valence-electron chi connectivity index (χ1n) is 11.7. The van der Waals surface area contributed by atoms with Gasteiger partial charge in [0.05, 0.1) is 11.2 Å². The van der Waals surface area contributed by atoms with Gasteiger partial charge in [0, 0.05) is 33.7 Å². The summed E-state index contributed by atoms with van der Waals surface area (Å²) in [6, 6.07) is 13.1. The van der Waals surface area contributed by atoms with Crippen molar-refractivity contribution in [1.29, 1.82) is 0 Å². The molecule has 1 saturated carbocycles. The number of H-pyrrole nitrogens is 1. The van der Waals surface area contributed by atoms with Crippen molar-refractivity contribution in [2.45, 2.75) is 43.9 Å². The predicted octanol–water partition coefficient (Wildman–Crippen LogP) is 6.59. The summed E-state index contributed by atoms with van der Waals surface area (Å²) in [6.45, 7) is 0. The average Bonchev–Trinajstić information content (AvgIpc) is 3.35. The summed E-state index contributed by atoms with van der Waals surface area (Å²) in [6.07, 6.45) is -2.04. The van der Waals surface area contributed by atoms with Crippen molar-refractivity contribution in [2.75, 3.05) is 5.32 Å². The molecule has 0 atom stereocenters. The maximum Gasteiger partial charge on any atom is 0.433 e. The van der Waals surface area contributed by atoms with E-state index in [1.54, 1.807) is 24.3 Å². The Kier molecular flexibility index (Phi) is 6.76. The summed E-state index contributed by atoms with van der Waals surface area (Å²) in [5.41, 5.74) is 0.405. The third-order valence-corrected chi connectivity index (χ3v) is 6.69. The molecule has 0 saturated heterocycles. The van der Waals surface area contributed by atoms with Crippen LogP contribution in [0.15, 0.2) is 54.6 Å². The highest BCUT2D eigenvalue weighted by Gasteiger charge is 2.34. The fourth-order valence-corrected chi connectivity index (χ4v) is 4.74. The predicted molar refractivity (Wildman–Crippen MR) is 133 cm³/mol. The van der Waals surface area contributed by atoms with Crippen LogP contribution >= 0.6 is 11.6 Å². The lowest BCUT2D eigenvalue weighted by atomic mass is 9.90. The number of aromatic amines is 1. The Labute approximate surface area is 214 Å². The molecule has 2 heterocycles. The van der Waals surface area contributed by atoms with Crippen LogP contribution in [0.4, 0.5) is 23.2 Å². The molecule has 4 aromatic rings. The molecule has 3 N–H and O–H groups in total. The standard InChI is InChI=1S/C26H22ClF4N5O/c27-14-5-10-20-18(11-14)21(13-24(34-20)26(29,30)31)32-15-6-8-16(9-7-15)33-25(37)23-12-22(35-36-23)17-3-1-2-4-19(17)28/h1-5,10-13,15-16H,6-9H2,(H,32,34)(H,33,37)(H,35,36). The molecule has 1 aliphatic carbocycles. The molecule has 0 aliphatic heterocycles. The maximum atomic E-state index is 14.0. The van der Waals surface area contributed by atoms with Gasteiger partial charge in [0.1, 0.15) is 17.2 Å². The zero-order chi connectivity index (χ0) is 26.2. The van der Waals surface area contributed by atoms with E-state index in [1.165, 1.54) is 24.3 Å². The molecule has 6 nitrogen and oxygen atoms in total. The van der Waals surface area contributed by atoms with Gasteiger partial charge in [0.2, 0.25) is 0 Å². The van der Waals surface area contributed by atoms with Crippen molar-refractivity contribution < 1.29 is 22.4 Å². The minimum atomic E-state index is -4.58. The van der Waals surface area contributed by atoms with E-state index >= 15 is 0 Å². The van der Waals surface area contributed by atoms with Crippen molar-refractivity contribution in [3.63, 3.8) is 0 Å². The van der Waals surface area contributed by atoms with Crippen LogP contribution in [0.1, 0.15) is 41.9 Å². The highest BCUT2D eigenvalue weighted by molar-refractivity contribution is 6.31.